The van der Waals surface area contributed by atoms with Gasteiger partial charge in [0, 0.05) is 0 Å². The van der Waals surface area contributed by atoms with Crippen LogP contribution < -0.4 is 0 Å². The fourth-order valence-electron chi connectivity index (χ4n) is 0.482. The molecule has 0 amide bonds. The molecule has 18 heavy (non-hydrogen) atoms. The van der Waals surface area contributed by atoms with Crippen molar-refractivity contribution in [2.45, 2.75) is 38.9 Å². The molecule has 0 unspecified atom stereocenters. The van der Waals surface area contributed by atoms with Gasteiger partial charge in [0.15, 0.2) is 0 Å². The molecule has 0 aliphatic carbocycles. The lowest BCUT2D eigenvalue weighted by molar-refractivity contribution is 0.133. The van der Waals surface area contributed by atoms with E-state index in [9.17, 15) is 16.8 Å². The highest BCUT2D eigenvalue weighted by Gasteiger charge is 1.98. The van der Waals surface area contributed by atoms with Crippen molar-refractivity contribution in [3.63, 3.8) is 0 Å². The summed E-state index contributed by atoms with van der Waals surface area (Å²) in [6.07, 6.45) is 2.27. The van der Waals surface area contributed by atoms with Gasteiger partial charge in [0.2, 0.25) is 0 Å². The molecule has 114 valence electrons. The Morgan fingerprint density at radius 2 is 0.889 bits per heavy atom. The van der Waals surface area contributed by atoms with Crippen molar-refractivity contribution in [3.8, 4) is 0 Å². The van der Waals surface area contributed by atoms with Crippen LogP contribution in [0.15, 0.2) is 0 Å². The summed E-state index contributed by atoms with van der Waals surface area (Å²) in [5.74, 6) is 0. The van der Waals surface area contributed by atoms with Crippen LogP contribution in [-0.4, -0.2) is 60.9 Å². The lowest BCUT2D eigenvalue weighted by Crippen LogP contribution is -2.06. The predicted octanol–water partition coefficient (Wildman–Crippen LogP) is -0.464. The molecule has 0 aromatic rings. The zero-order chi connectivity index (χ0) is 15.6. The first-order valence-electron chi connectivity index (χ1n) is 4.84. The molecule has 10 heteroatoms. The van der Waals surface area contributed by atoms with Crippen LogP contribution in [0.3, 0.4) is 0 Å². The third-order valence-corrected chi connectivity index (χ3v) is 1.00. The van der Waals surface area contributed by atoms with Gasteiger partial charge >= 0.3 is 0 Å². The van der Waals surface area contributed by atoms with Crippen LogP contribution in [-0.2, 0) is 20.2 Å². The molecule has 0 heterocycles. The number of hydrogen-bond acceptors (Lipinski definition) is 6. The van der Waals surface area contributed by atoms with Crippen molar-refractivity contribution in [2.24, 2.45) is 0 Å². The second-order valence-electron chi connectivity index (χ2n) is 3.74. The Morgan fingerprint density at radius 3 is 0.944 bits per heavy atom. The van der Waals surface area contributed by atoms with Gasteiger partial charge in [-0.05, 0) is 26.7 Å². The normalized spacial score (nSPS) is 14.4. The zero-order valence-electron chi connectivity index (χ0n) is 10.8. The van der Waals surface area contributed by atoms with E-state index in [-0.39, 0.29) is 12.2 Å². The third kappa shape index (κ3) is 152. The molecule has 0 rings (SSSR count). The number of rotatable bonds is 3. The number of hydrogen-bond donors (Lipinski definition) is 4. The van der Waals surface area contributed by atoms with E-state index in [1.807, 2.05) is 0 Å². The summed E-state index contributed by atoms with van der Waals surface area (Å²) in [6.45, 7) is 3.45. The van der Waals surface area contributed by atoms with Crippen LogP contribution in [0.25, 0.3) is 0 Å². The minimum absolute atomic E-state index is 0.274. The SMILES string of the molecule is CS(=O)(=O)O.CS(=O)(=O)O.C[C@H](O)CC[C@H](C)O. The van der Waals surface area contributed by atoms with E-state index in [0.717, 1.165) is 0 Å². The summed E-state index contributed by atoms with van der Waals surface area (Å²) < 4.78 is 51.7. The Balaban J connectivity index is -0.000000197. The Bertz CT molecular complexity index is 314. The smallest absolute Gasteiger partial charge is 0.261 e. The van der Waals surface area contributed by atoms with Crippen molar-refractivity contribution in [3.05, 3.63) is 0 Å². The molecule has 0 aromatic carbocycles. The lowest BCUT2D eigenvalue weighted by Gasteiger charge is -2.04. The topological polar surface area (TPSA) is 149 Å². The van der Waals surface area contributed by atoms with Crippen LogP contribution in [0.4, 0.5) is 0 Å². The fourth-order valence-corrected chi connectivity index (χ4v) is 0.482. The summed E-state index contributed by atoms with van der Waals surface area (Å²) in [6, 6.07) is 0. The highest BCUT2D eigenvalue weighted by atomic mass is 32.2. The maximum atomic E-state index is 9.19. The predicted molar refractivity (Wildman–Crippen MR) is 67.5 cm³/mol. The molecule has 0 bridgehead atoms. The van der Waals surface area contributed by atoms with Gasteiger partial charge in [-0.15, -0.1) is 0 Å². The first-order valence-corrected chi connectivity index (χ1v) is 8.53. The highest BCUT2D eigenvalue weighted by molar-refractivity contribution is 7.85. The first kappa shape index (κ1) is 22.9. The Kier molecular flexibility index (Phi) is 13.5. The zero-order valence-corrected chi connectivity index (χ0v) is 12.4. The van der Waals surface area contributed by atoms with E-state index in [0.29, 0.717) is 25.4 Å². The second kappa shape index (κ2) is 10.6. The monoisotopic (exact) mass is 310 g/mol. The molecule has 0 radical (unpaired) electrons. The fraction of sp³-hybridized carbons (Fsp3) is 1.00. The standard InChI is InChI=1S/C6H14O2.2CH4O3S/c1-5(7)3-4-6(2)8;2*1-5(2,3)4/h5-8H,3-4H2,1-2H3;2*1H3,(H,2,3,4)/t5-,6-;;/m0../s1. The molecular formula is C8H22O8S2. The van der Waals surface area contributed by atoms with Crippen LogP contribution in [0, 0.1) is 0 Å². The quantitative estimate of drug-likeness (QED) is 0.511. The largest absolute Gasteiger partial charge is 0.393 e. The highest BCUT2D eigenvalue weighted by Crippen LogP contribution is 1.98. The Hall–Kier alpha value is -0.260. The van der Waals surface area contributed by atoms with E-state index >= 15 is 0 Å². The van der Waals surface area contributed by atoms with Gasteiger partial charge < -0.3 is 10.2 Å². The molecule has 0 saturated carbocycles. The van der Waals surface area contributed by atoms with Gasteiger partial charge in [-0.3, -0.25) is 9.11 Å². The van der Waals surface area contributed by atoms with Crippen LogP contribution in [0.1, 0.15) is 26.7 Å². The summed E-state index contributed by atoms with van der Waals surface area (Å²) in [7, 11) is -7.33. The molecule has 0 fully saturated rings. The molecule has 0 aromatic heterocycles. The van der Waals surface area contributed by atoms with Crippen LogP contribution >= 0.6 is 0 Å². The van der Waals surface area contributed by atoms with Gasteiger partial charge in [0.25, 0.3) is 20.2 Å². The maximum absolute atomic E-state index is 9.19. The van der Waals surface area contributed by atoms with E-state index in [4.69, 9.17) is 19.3 Å². The van der Waals surface area contributed by atoms with Crippen LogP contribution in [0.2, 0.25) is 0 Å². The van der Waals surface area contributed by atoms with Crippen LogP contribution in [0.5, 0.6) is 0 Å². The minimum Gasteiger partial charge on any atom is -0.393 e. The van der Waals surface area contributed by atoms with Crippen molar-refractivity contribution in [1.29, 1.82) is 0 Å². The van der Waals surface area contributed by atoms with Crippen molar-refractivity contribution < 1.29 is 36.2 Å². The van der Waals surface area contributed by atoms with E-state index in [1.54, 1.807) is 13.8 Å². The van der Waals surface area contributed by atoms with Crippen molar-refractivity contribution in [2.75, 3.05) is 12.5 Å². The molecule has 8 nitrogen and oxygen atoms in total. The van der Waals surface area contributed by atoms with Gasteiger partial charge in [0.05, 0.1) is 24.7 Å². The Morgan fingerprint density at radius 1 is 0.778 bits per heavy atom. The second-order valence-corrected chi connectivity index (χ2v) is 6.67. The summed E-state index contributed by atoms with van der Waals surface area (Å²) in [5.41, 5.74) is 0. The first-order chi connectivity index (χ1) is 7.63. The van der Waals surface area contributed by atoms with Gasteiger partial charge in [-0.2, -0.15) is 16.8 Å². The van der Waals surface area contributed by atoms with Gasteiger partial charge in [-0.25, -0.2) is 0 Å². The molecular weight excluding hydrogens is 288 g/mol. The van der Waals surface area contributed by atoms with E-state index < -0.39 is 20.2 Å². The minimum atomic E-state index is -3.67. The molecule has 0 aliphatic heterocycles. The third-order valence-electron chi connectivity index (χ3n) is 1.00. The maximum Gasteiger partial charge on any atom is 0.261 e. The molecule has 2 atom stereocenters. The van der Waals surface area contributed by atoms with Crippen molar-refractivity contribution in [1.82, 2.24) is 0 Å². The molecule has 0 aliphatic rings. The Labute approximate surface area is 108 Å². The molecule has 0 spiro atoms. The summed E-state index contributed by atoms with van der Waals surface area (Å²) in [5, 5.41) is 17.4. The average Bonchev–Trinajstić information content (AvgIpc) is 1.93. The van der Waals surface area contributed by atoms with Crippen molar-refractivity contribution >= 4 is 20.2 Å². The van der Waals surface area contributed by atoms with Gasteiger partial charge in [0.1, 0.15) is 0 Å². The van der Waals surface area contributed by atoms with E-state index in [1.165, 1.54) is 0 Å². The average molecular weight is 310 g/mol. The van der Waals surface area contributed by atoms with E-state index in [2.05, 4.69) is 0 Å². The number of aliphatic hydroxyl groups is 2. The summed E-state index contributed by atoms with van der Waals surface area (Å²) in [4.78, 5) is 0. The van der Waals surface area contributed by atoms with Gasteiger partial charge in [-0.1, -0.05) is 0 Å². The lowest BCUT2D eigenvalue weighted by atomic mass is 10.1. The summed E-state index contributed by atoms with van der Waals surface area (Å²) >= 11 is 0. The molecule has 4 N–H and O–H groups in total. The molecule has 0 saturated heterocycles. The number of aliphatic hydroxyl groups excluding tert-OH is 2.